The van der Waals surface area contributed by atoms with E-state index in [1.807, 2.05) is 0 Å². The van der Waals surface area contributed by atoms with E-state index in [0.717, 1.165) is 11.7 Å². The minimum atomic E-state index is -0.453. The van der Waals surface area contributed by atoms with Gasteiger partial charge >= 0.3 is 0 Å². The van der Waals surface area contributed by atoms with Crippen LogP contribution in [0.15, 0.2) is 128 Å². The minimum Gasteiger partial charge on any atom is -0.316 e. The summed E-state index contributed by atoms with van der Waals surface area (Å²) in [7, 11) is -0.453. The molecule has 0 aliphatic heterocycles. The summed E-state index contributed by atoms with van der Waals surface area (Å²) in [6.45, 7) is 8.57. The molecule has 0 bridgehead atoms. The van der Waals surface area contributed by atoms with Gasteiger partial charge in [0, 0.05) is 11.8 Å². The molecule has 0 saturated heterocycles. The van der Waals surface area contributed by atoms with Gasteiger partial charge in [-0.2, -0.15) is 0 Å². The van der Waals surface area contributed by atoms with Gasteiger partial charge in [0.2, 0.25) is 0 Å². The largest absolute Gasteiger partial charge is 0.316 e. The first kappa shape index (κ1) is 23.1. The number of fused-ring (bicyclic) bond motifs is 1. The van der Waals surface area contributed by atoms with Crippen LogP contribution in [0.2, 0.25) is 0 Å². The highest BCUT2D eigenvalue weighted by molar-refractivity contribution is 7.73. The Kier molecular flexibility index (Phi) is 6.80. The van der Waals surface area contributed by atoms with E-state index in [2.05, 4.69) is 146 Å². The first-order chi connectivity index (χ1) is 17.1. The molecule has 0 atom stereocenters. The molecule has 1 nitrogen and oxygen atoms in total. The van der Waals surface area contributed by atoms with E-state index in [-0.39, 0.29) is 0 Å². The fourth-order valence-electron chi connectivity index (χ4n) is 4.55. The molecule has 0 unspecified atom stereocenters. The quantitative estimate of drug-likeness (QED) is 0.211. The lowest BCUT2D eigenvalue weighted by Gasteiger charge is -2.18. The Morgan fingerprint density at radius 2 is 1.40 bits per heavy atom. The Balaban J connectivity index is 1.52. The highest BCUT2D eigenvalue weighted by Gasteiger charge is 2.14. The number of para-hydroxylation sites is 1. The van der Waals surface area contributed by atoms with Crippen molar-refractivity contribution in [3.8, 4) is 5.69 Å². The van der Waals surface area contributed by atoms with E-state index in [0.29, 0.717) is 0 Å². The molecule has 0 fully saturated rings. The number of nitrogens with zero attached hydrogens (tertiary/aromatic N) is 1. The molecule has 0 N–H and O–H groups in total. The predicted octanol–water partition coefficient (Wildman–Crippen LogP) is 8.20. The molecular formula is C33H30NP. The molecular weight excluding hydrogens is 441 g/mol. The topological polar surface area (TPSA) is 4.93 Å². The van der Waals surface area contributed by atoms with Gasteiger partial charge in [-0.3, -0.25) is 0 Å². The minimum absolute atomic E-state index is 0.453. The van der Waals surface area contributed by atoms with Crippen molar-refractivity contribution in [2.75, 3.05) is 6.16 Å². The summed E-state index contributed by atoms with van der Waals surface area (Å²) >= 11 is 0. The smallest absolute Gasteiger partial charge is 0.0536 e. The monoisotopic (exact) mass is 471 g/mol. The summed E-state index contributed by atoms with van der Waals surface area (Å²) in [6.07, 6.45) is 5.59. The van der Waals surface area contributed by atoms with E-state index < -0.39 is 7.92 Å². The van der Waals surface area contributed by atoms with E-state index >= 15 is 0 Å². The lowest BCUT2D eigenvalue weighted by atomic mass is 10.00. The molecule has 5 rings (SSSR count). The van der Waals surface area contributed by atoms with E-state index in [4.69, 9.17) is 0 Å². The summed E-state index contributed by atoms with van der Waals surface area (Å²) in [5.74, 6) is 0. The first-order valence-electron chi connectivity index (χ1n) is 12.0. The van der Waals surface area contributed by atoms with Gasteiger partial charge in [-0.25, -0.2) is 0 Å². The number of rotatable bonds is 7. The Morgan fingerprint density at radius 3 is 2.06 bits per heavy atom. The zero-order chi connectivity index (χ0) is 24.2. The third kappa shape index (κ3) is 4.92. The van der Waals surface area contributed by atoms with Crippen LogP contribution in [0.1, 0.15) is 25.0 Å². The number of aromatic nitrogens is 1. The van der Waals surface area contributed by atoms with Crippen molar-refractivity contribution in [1.29, 1.82) is 0 Å². The number of hydrogen-bond acceptors (Lipinski definition) is 0. The molecule has 172 valence electrons. The van der Waals surface area contributed by atoms with Gasteiger partial charge in [0.1, 0.15) is 0 Å². The van der Waals surface area contributed by atoms with Crippen molar-refractivity contribution in [3.05, 3.63) is 139 Å². The van der Waals surface area contributed by atoms with Gasteiger partial charge in [-0.05, 0) is 78.8 Å². The normalized spacial score (nSPS) is 11.8. The van der Waals surface area contributed by atoms with Crippen molar-refractivity contribution in [3.63, 3.8) is 0 Å². The molecule has 35 heavy (non-hydrogen) atoms. The van der Waals surface area contributed by atoms with Gasteiger partial charge in [-0.1, -0.05) is 104 Å². The van der Waals surface area contributed by atoms with Gasteiger partial charge in [0.25, 0.3) is 0 Å². The summed E-state index contributed by atoms with van der Waals surface area (Å²) < 4.78 is 2.29. The second-order valence-electron chi connectivity index (χ2n) is 8.93. The molecule has 0 spiro atoms. The van der Waals surface area contributed by atoms with Crippen molar-refractivity contribution in [2.45, 2.75) is 13.8 Å². The first-order valence-corrected chi connectivity index (χ1v) is 13.6. The maximum Gasteiger partial charge on any atom is 0.0536 e. The summed E-state index contributed by atoms with van der Waals surface area (Å²) in [6, 6.07) is 39.3. The summed E-state index contributed by atoms with van der Waals surface area (Å²) in [5, 5.41) is 4.07. The lowest BCUT2D eigenvalue weighted by molar-refractivity contribution is 1.12. The molecule has 0 aliphatic rings. The molecule has 0 aliphatic carbocycles. The Hall–Kier alpha value is -3.67. The molecule has 1 heterocycles. The van der Waals surface area contributed by atoms with Gasteiger partial charge < -0.3 is 4.57 Å². The predicted molar refractivity (Wildman–Crippen MR) is 156 cm³/mol. The fraction of sp³-hybridized carbons (Fsp3) is 0.0909. The number of allylic oxidation sites excluding steroid dienone is 3. The molecule has 5 aromatic rings. The average molecular weight is 472 g/mol. The highest BCUT2D eigenvalue weighted by atomic mass is 31.1. The van der Waals surface area contributed by atoms with Gasteiger partial charge in [-0.15, -0.1) is 0 Å². The van der Waals surface area contributed by atoms with E-state index in [1.54, 1.807) is 0 Å². The second kappa shape index (κ2) is 10.3. The molecule has 0 amide bonds. The lowest BCUT2D eigenvalue weighted by Crippen LogP contribution is -2.13. The van der Waals surface area contributed by atoms with Crippen LogP contribution in [-0.4, -0.2) is 10.7 Å². The standard InChI is InChI=1S/C33H30NP/c1-25(2)31-19-18-28(24-33(31)34-22-20-27-12-10-11-17-32(27)34)26(3)21-23-35(29-13-6-4-7-14-29)30-15-8-5-9-16-30/h4-22,24H,1,23H2,2-3H3/b26-21+. The van der Waals surface area contributed by atoms with Crippen molar-refractivity contribution >= 4 is 40.6 Å². The number of hydrogen-bond donors (Lipinski definition) is 0. The van der Waals surface area contributed by atoms with Crippen LogP contribution in [0.4, 0.5) is 0 Å². The van der Waals surface area contributed by atoms with E-state index in [9.17, 15) is 0 Å². The molecule has 0 radical (unpaired) electrons. The van der Waals surface area contributed by atoms with Crippen LogP contribution in [0, 0.1) is 0 Å². The SMILES string of the molecule is C=C(C)c1ccc(/C(C)=C/CP(c2ccccc2)c2ccccc2)cc1-n1ccc2ccccc21. The van der Waals surface area contributed by atoms with Crippen molar-refractivity contribution in [2.24, 2.45) is 0 Å². The maximum absolute atomic E-state index is 4.25. The molecule has 4 aromatic carbocycles. The molecule has 0 saturated carbocycles. The van der Waals surface area contributed by atoms with Crippen molar-refractivity contribution in [1.82, 2.24) is 4.57 Å². The van der Waals surface area contributed by atoms with Crippen LogP contribution >= 0.6 is 7.92 Å². The number of benzene rings is 4. The maximum atomic E-state index is 4.25. The van der Waals surface area contributed by atoms with Crippen LogP contribution < -0.4 is 10.6 Å². The molecule has 2 heteroatoms. The van der Waals surface area contributed by atoms with Gasteiger partial charge in [0.05, 0.1) is 11.2 Å². The Morgan fingerprint density at radius 1 is 0.771 bits per heavy atom. The molecule has 1 aromatic heterocycles. The van der Waals surface area contributed by atoms with Crippen molar-refractivity contribution < 1.29 is 0 Å². The summed E-state index contributed by atoms with van der Waals surface area (Å²) in [5.41, 5.74) is 7.19. The van der Waals surface area contributed by atoms with Crippen LogP contribution in [0.25, 0.3) is 27.7 Å². The Bertz CT molecular complexity index is 1450. The zero-order valence-electron chi connectivity index (χ0n) is 20.4. The van der Waals surface area contributed by atoms with E-state index in [1.165, 1.54) is 43.9 Å². The van der Waals surface area contributed by atoms with Gasteiger partial charge in [0.15, 0.2) is 0 Å². The van der Waals surface area contributed by atoms with Crippen LogP contribution in [0.3, 0.4) is 0 Å². The fourth-order valence-corrected chi connectivity index (χ4v) is 6.79. The van der Waals surface area contributed by atoms with Crippen LogP contribution in [0.5, 0.6) is 0 Å². The Labute approximate surface area is 209 Å². The highest BCUT2D eigenvalue weighted by Crippen LogP contribution is 2.35. The average Bonchev–Trinajstić information content (AvgIpc) is 3.34. The van der Waals surface area contributed by atoms with Crippen LogP contribution in [-0.2, 0) is 0 Å². The zero-order valence-corrected chi connectivity index (χ0v) is 21.3. The third-order valence-electron chi connectivity index (χ3n) is 6.49. The summed E-state index contributed by atoms with van der Waals surface area (Å²) in [4.78, 5) is 0. The third-order valence-corrected chi connectivity index (χ3v) is 8.88. The second-order valence-corrected chi connectivity index (χ2v) is 11.2.